The van der Waals surface area contributed by atoms with Crippen LogP contribution in [-0.2, 0) is 6.61 Å². The Morgan fingerprint density at radius 1 is 1.12 bits per heavy atom. The molecule has 3 rings (SSSR count). The van der Waals surface area contributed by atoms with Crippen LogP contribution in [0.2, 0.25) is 10.0 Å². The quantitative estimate of drug-likeness (QED) is 0.745. The fourth-order valence-corrected chi connectivity index (χ4v) is 2.24. The summed E-state index contributed by atoms with van der Waals surface area (Å²) in [6.07, 6.45) is 0. The van der Waals surface area contributed by atoms with E-state index in [4.69, 9.17) is 27.9 Å². The number of nitrogens with one attached hydrogen (secondary N) is 1. The minimum atomic E-state index is -0.864. The molecular weight excluding hydrogens is 365 g/mol. The lowest BCUT2D eigenvalue weighted by Crippen LogP contribution is -2.02. The van der Waals surface area contributed by atoms with E-state index in [1.807, 2.05) is 0 Å². The van der Waals surface area contributed by atoms with Gasteiger partial charge in [-0.2, -0.15) is 0 Å². The smallest absolute Gasteiger partial charge is 0.439 e. The third-order valence-corrected chi connectivity index (χ3v) is 3.86. The van der Waals surface area contributed by atoms with E-state index in [1.54, 1.807) is 6.07 Å². The van der Waals surface area contributed by atoms with Crippen molar-refractivity contribution in [2.45, 2.75) is 6.61 Å². The summed E-state index contributed by atoms with van der Waals surface area (Å²) in [7, 11) is 0. The van der Waals surface area contributed by atoms with Crippen molar-refractivity contribution in [3.63, 3.8) is 0 Å². The molecule has 0 aliphatic carbocycles. The number of benzene rings is 2. The minimum Gasteiger partial charge on any atom is -0.489 e. The summed E-state index contributed by atoms with van der Waals surface area (Å²) in [5.74, 6) is -2.22. The Kier molecular flexibility index (Phi) is 4.55. The topological polar surface area (TPSA) is 68.1 Å². The van der Waals surface area contributed by atoms with Crippen LogP contribution in [0, 0.1) is 11.6 Å². The predicted octanol–water partition coefficient (Wildman–Crippen LogP) is 4.19. The Morgan fingerprint density at radius 3 is 2.58 bits per heavy atom. The first kappa shape index (κ1) is 16.5. The molecule has 0 spiro atoms. The largest absolute Gasteiger partial charge is 0.489 e. The molecule has 0 aliphatic heterocycles. The van der Waals surface area contributed by atoms with Gasteiger partial charge in [0.1, 0.15) is 24.0 Å². The summed E-state index contributed by atoms with van der Waals surface area (Å²) in [4.78, 5) is 13.0. The zero-order valence-electron chi connectivity index (χ0n) is 11.8. The van der Waals surface area contributed by atoms with E-state index < -0.39 is 17.4 Å². The Labute approximate surface area is 143 Å². The number of halogens is 4. The Hall–Kier alpha value is -2.38. The molecule has 3 aromatic rings. The van der Waals surface area contributed by atoms with Crippen LogP contribution >= 0.6 is 23.2 Å². The molecule has 0 aliphatic rings. The molecule has 0 fully saturated rings. The molecular formula is C15H8Cl2F2N2O3. The molecule has 9 heteroatoms. The summed E-state index contributed by atoms with van der Waals surface area (Å²) < 4.78 is 37.9. The van der Waals surface area contributed by atoms with E-state index >= 15 is 0 Å². The molecule has 1 aromatic heterocycles. The van der Waals surface area contributed by atoms with Gasteiger partial charge in [-0.05, 0) is 24.3 Å². The average Bonchev–Trinajstić information content (AvgIpc) is 2.97. The molecule has 124 valence electrons. The van der Waals surface area contributed by atoms with Crippen LogP contribution in [0.5, 0.6) is 5.75 Å². The highest BCUT2D eigenvalue weighted by molar-refractivity contribution is 6.42. The summed E-state index contributed by atoms with van der Waals surface area (Å²) >= 11 is 11.6. The van der Waals surface area contributed by atoms with E-state index in [2.05, 4.69) is 14.7 Å². The summed E-state index contributed by atoms with van der Waals surface area (Å²) in [5, 5.41) is 3.96. The van der Waals surface area contributed by atoms with Gasteiger partial charge in [0.2, 0.25) is 0 Å². The van der Waals surface area contributed by atoms with Crippen molar-refractivity contribution in [2.75, 3.05) is 0 Å². The maximum Gasteiger partial charge on any atom is 0.439 e. The molecule has 24 heavy (non-hydrogen) atoms. The third kappa shape index (κ3) is 3.42. The van der Waals surface area contributed by atoms with Gasteiger partial charge in [-0.3, -0.25) is 9.51 Å². The molecule has 1 N–H and O–H groups in total. The number of hydrogen-bond donors (Lipinski definition) is 1. The summed E-state index contributed by atoms with van der Waals surface area (Å²) in [6.45, 7) is -0.226. The van der Waals surface area contributed by atoms with Crippen LogP contribution in [0.25, 0.3) is 11.4 Å². The van der Waals surface area contributed by atoms with Crippen molar-refractivity contribution < 1.29 is 18.0 Å². The van der Waals surface area contributed by atoms with E-state index in [9.17, 15) is 13.6 Å². The van der Waals surface area contributed by atoms with Crippen molar-refractivity contribution >= 4 is 23.2 Å². The molecule has 0 saturated carbocycles. The van der Waals surface area contributed by atoms with Gasteiger partial charge in [0, 0.05) is 11.6 Å². The van der Waals surface area contributed by atoms with Gasteiger partial charge in [-0.15, -0.1) is 0 Å². The Morgan fingerprint density at radius 2 is 1.92 bits per heavy atom. The predicted molar refractivity (Wildman–Crippen MR) is 83.3 cm³/mol. The van der Waals surface area contributed by atoms with E-state index in [1.165, 1.54) is 12.1 Å². The number of H-pyrrole nitrogens is 1. The van der Waals surface area contributed by atoms with Gasteiger partial charge in [-0.25, -0.2) is 13.6 Å². The molecule has 2 aromatic carbocycles. The molecule has 5 nitrogen and oxygen atoms in total. The fourth-order valence-electron chi connectivity index (χ4n) is 1.95. The van der Waals surface area contributed by atoms with Crippen molar-refractivity contribution in [1.29, 1.82) is 0 Å². The minimum absolute atomic E-state index is 0.0202. The third-order valence-electron chi connectivity index (χ3n) is 3.12. The highest BCUT2D eigenvalue weighted by atomic mass is 35.5. The van der Waals surface area contributed by atoms with Crippen LogP contribution in [0.15, 0.2) is 39.6 Å². The Balaban J connectivity index is 1.83. The molecule has 0 atom stereocenters. The van der Waals surface area contributed by atoms with Gasteiger partial charge >= 0.3 is 5.76 Å². The molecule has 0 bridgehead atoms. The highest BCUT2D eigenvalue weighted by Crippen LogP contribution is 2.28. The average molecular weight is 373 g/mol. The normalized spacial score (nSPS) is 10.8. The lowest BCUT2D eigenvalue weighted by Gasteiger charge is -2.09. The van der Waals surface area contributed by atoms with E-state index in [0.717, 1.165) is 12.1 Å². The summed E-state index contributed by atoms with van der Waals surface area (Å²) in [5.41, 5.74) is -0.246. The Bertz CT molecular complexity index is 956. The van der Waals surface area contributed by atoms with E-state index in [-0.39, 0.29) is 28.6 Å². The van der Waals surface area contributed by atoms with Crippen LogP contribution < -0.4 is 10.5 Å². The van der Waals surface area contributed by atoms with Gasteiger partial charge in [0.15, 0.2) is 5.82 Å². The first-order chi connectivity index (χ1) is 11.4. The first-order valence-electron chi connectivity index (χ1n) is 6.56. The summed E-state index contributed by atoms with van der Waals surface area (Å²) in [6, 6.07) is 6.40. The maximum absolute atomic E-state index is 14.1. The van der Waals surface area contributed by atoms with Gasteiger partial charge < -0.3 is 4.74 Å². The molecule has 0 radical (unpaired) electrons. The van der Waals surface area contributed by atoms with Crippen molar-refractivity contribution in [3.05, 3.63) is 68.1 Å². The molecule has 0 saturated heterocycles. The van der Waals surface area contributed by atoms with Crippen molar-refractivity contribution in [1.82, 2.24) is 10.1 Å². The number of hydrogen-bond acceptors (Lipinski definition) is 4. The van der Waals surface area contributed by atoms with Crippen LogP contribution in [0.1, 0.15) is 5.56 Å². The van der Waals surface area contributed by atoms with Crippen LogP contribution in [0.3, 0.4) is 0 Å². The van der Waals surface area contributed by atoms with Gasteiger partial charge in [0.25, 0.3) is 0 Å². The first-order valence-corrected chi connectivity index (χ1v) is 7.32. The fraction of sp³-hybridized carbons (Fsp3) is 0.0667. The number of aromatic nitrogens is 2. The second kappa shape index (κ2) is 6.62. The standard InChI is InChI=1S/C15H8Cl2F2N2O3/c16-10-2-1-8(4-11(10)17)23-6-7-3-13(19)9(5-12(7)18)14-20-15(22)24-21-14/h1-5H,6H2,(H,20,21,22). The van der Waals surface area contributed by atoms with Crippen molar-refractivity contribution in [3.8, 4) is 17.1 Å². The zero-order valence-corrected chi connectivity index (χ0v) is 13.3. The molecule has 0 unspecified atom stereocenters. The van der Waals surface area contributed by atoms with Crippen molar-refractivity contribution in [2.24, 2.45) is 0 Å². The monoisotopic (exact) mass is 372 g/mol. The number of rotatable bonds is 4. The molecule has 0 amide bonds. The van der Waals surface area contributed by atoms with Gasteiger partial charge in [0.05, 0.1) is 15.6 Å². The maximum atomic E-state index is 14.1. The second-order valence-electron chi connectivity index (χ2n) is 4.73. The van der Waals surface area contributed by atoms with Crippen LogP contribution in [0.4, 0.5) is 8.78 Å². The zero-order chi connectivity index (χ0) is 17.3. The molecule has 1 heterocycles. The van der Waals surface area contributed by atoms with Gasteiger partial charge in [-0.1, -0.05) is 28.4 Å². The lowest BCUT2D eigenvalue weighted by atomic mass is 10.1. The van der Waals surface area contributed by atoms with Crippen LogP contribution in [-0.4, -0.2) is 10.1 Å². The highest BCUT2D eigenvalue weighted by Gasteiger charge is 2.15. The number of aromatic amines is 1. The lowest BCUT2D eigenvalue weighted by molar-refractivity contribution is 0.299. The van der Waals surface area contributed by atoms with E-state index in [0.29, 0.717) is 10.8 Å². The number of nitrogens with zero attached hydrogens (tertiary/aromatic N) is 1. The SMILES string of the molecule is O=c1[nH]c(-c2cc(F)c(COc3ccc(Cl)c(Cl)c3)cc2F)no1. The second-order valence-corrected chi connectivity index (χ2v) is 5.55. The number of ether oxygens (including phenoxy) is 1.